The van der Waals surface area contributed by atoms with Gasteiger partial charge in [0.1, 0.15) is 0 Å². The third kappa shape index (κ3) is 2.96. The minimum atomic E-state index is -0.362. The first kappa shape index (κ1) is 19.0. The molecule has 3 heterocycles. The van der Waals surface area contributed by atoms with Gasteiger partial charge >= 0.3 is 0 Å². The average Bonchev–Trinajstić information content (AvgIpc) is 3.39. The van der Waals surface area contributed by atoms with E-state index >= 15 is 0 Å². The zero-order chi connectivity index (χ0) is 21.5. The monoisotopic (exact) mass is 407 g/mol. The van der Waals surface area contributed by atoms with Crippen LogP contribution in [0.1, 0.15) is 24.0 Å². The molecule has 31 heavy (non-hydrogen) atoms. The largest absolute Gasteiger partial charge is 0.350 e. The summed E-state index contributed by atoms with van der Waals surface area (Å²) in [6.45, 7) is 0.747. The van der Waals surface area contributed by atoms with Crippen molar-refractivity contribution in [2.24, 2.45) is 7.05 Å². The van der Waals surface area contributed by atoms with E-state index < -0.39 is 0 Å². The highest BCUT2D eigenvalue weighted by molar-refractivity contribution is 6.50. The SMILES string of the molecule is C#CCCCn1cc(C2=C(c3cn(C)c4ccccc34)C(=O)NC2=O)c2ccccc21. The molecule has 1 N–H and O–H groups in total. The number of carbonyl (C=O) groups is 2. The fourth-order valence-electron chi connectivity index (χ4n) is 4.49. The number of rotatable bonds is 5. The number of nitrogens with one attached hydrogen (secondary N) is 1. The summed E-state index contributed by atoms with van der Waals surface area (Å²) in [6.07, 6.45) is 10.8. The highest BCUT2D eigenvalue weighted by Gasteiger charge is 2.35. The van der Waals surface area contributed by atoms with E-state index in [1.54, 1.807) is 0 Å². The van der Waals surface area contributed by atoms with Crippen molar-refractivity contribution in [2.45, 2.75) is 19.4 Å². The number of amides is 2. The van der Waals surface area contributed by atoms with Crippen LogP contribution in [0.3, 0.4) is 0 Å². The Labute approximate surface area is 180 Å². The van der Waals surface area contributed by atoms with Gasteiger partial charge in [0, 0.05) is 65.3 Å². The van der Waals surface area contributed by atoms with Crippen LogP contribution in [0.15, 0.2) is 60.9 Å². The number of nitrogens with zero attached hydrogens (tertiary/aromatic N) is 2. The lowest BCUT2D eigenvalue weighted by atomic mass is 9.95. The maximum absolute atomic E-state index is 13.0. The Morgan fingerprint density at radius 2 is 1.45 bits per heavy atom. The summed E-state index contributed by atoms with van der Waals surface area (Å²) >= 11 is 0. The lowest BCUT2D eigenvalue weighted by Crippen LogP contribution is -2.22. The van der Waals surface area contributed by atoms with Crippen LogP contribution in [0.25, 0.3) is 33.0 Å². The predicted molar refractivity (Wildman–Crippen MR) is 123 cm³/mol. The highest BCUT2D eigenvalue weighted by Crippen LogP contribution is 2.38. The maximum Gasteiger partial charge on any atom is 0.259 e. The molecule has 1 aliphatic rings. The van der Waals surface area contributed by atoms with Crippen molar-refractivity contribution < 1.29 is 9.59 Å². The summed E-state index contributed by atoms with van der Waals surface area (Å²) in [5.74, 6) is 1.95. The first-order valence-corrected chi connectivity index (χ1v) is 10.3. The molecule has 0 fully saturated rings. The molecule has 2 aromatic heterocycles. The molecule has 0 spiro atoms. The summed E-state index contributed by atoms with van der Waals surface area (Å²) in [6, 6.07) is 15.8. The van der Waals surface area contributed by atoms with E-state index in [2.05, 4.69) is 15.8 Å². The number of fused-ring (bicyclic) bond motifs is 2. The number of aryl methyl sites for hydroxylation is 2. The van der Waals surface area contributed by atoms with Gasteiger partial charge in [0.2, 0.25) is 0 Å². The number of benzene rings is 2. The van der Waals surface area contributed by atoms with E-state index in [0.717, 1.165) is 45.9 Å². The molecule has 2 aromatic carbocycles. The van der Waals surface area contributed by atoms with Crippen LogP contribution in [0, 0.1) is 12.3 Å². The quantitative estimate of drug-likeness (QED) is 0.307. The average molecular weight is 407 g/mol. The lowest BCUT2D eigenvalue weighted by molar-refractivity contribution is -0.122. The van der Waals surface area contributed by atoms with Crippen LogP contribution in [0.4, 0.5) is 0 Å². The third-order valence-corrected chi connectivity index (χ3v) is 5.88. The smallest absolute Gasteiger partial charge is 0.259 e. The summed E-state index contributed by atoms with van der Waals surface area (Å²) in [5.41, 5.74) is 4.41. The zero-order valence-electron chi connectivity index (χ0n) is 17.2. The second-order valence-corrected chi connectivity index (χ2v) is 7.77. The minimum absolute atomic E-state index is 0.361. The molecule has 0 saturated heterocycles. The van der Waals surface area contributed by atoms with Crippen molar-refractivity contribution in [3.8, 4) is 12.3 Å². The molecule has 2 amide bonds. The molecule has 0 unspecified atom stereocenters. The van der Waals surface area contributed by atoms with Crippen molar-refractivity contribution >= 4 is 44.8 Å². The zero-order valence-corrected chi connectivity index (χ0v) is 17.2. The summed E-state index contributed by atoms with van der Waals surface area (Å²) < 4.78 is 4.10. The molecule has 0 saturated carbocycles. The number of para-hydroxylation sites is 2. The Kier molecular flexibility index (Phi) is 4.48. The normalized spacial score (nSPS) is 13.9. The van der Waals surface area contributed by atoms with Gasteiger partial charge in [0.25, 0.3) is 11.8 Å². The molecular formula is C26H21N3O2. The molecule has 0 radical (unpaired) electrons. The number of aromatic nitrogens is 2. The summed E-state index contributed by atoms with van der Waals surface area (Å²) in [7, 11) is 1.94. The van der Waals surface area contributed by atoms with Gasteiger partial charge in [-0.25, -0.2) is 0 Å². The second-order valence-electron chi connectivity index (χ2n) is 7.77. The summed E-state index contributed by atoms with van der Waals surface area (Å²) in [5, 5.41) is 4.41. The summed E-state index contributed by atoms with van der Waals surface area (Å²) in [4.78, 5) is 25.9. The second kappa shape index (κ2) is 7.33. The number of imide groups is 1. The number of unbranched alkanes of at least 4 members (excludes halogenated alkanes) is 1. The molecule has 5 heteroatoms. The molecule has 4 aromatic rings. The molecule has 5 nitrogen and oxygen atoms in total. The molecule has 0 atom stereocenters. The van der Waals surface area contributed by atoms with Crippen LogP contribution in [-0.2, 0) is 23.2 Å². The topological polar surface area (TPSA) is 56.0 Å². The number of carbonyl (C=O) groups excluding carboxylic acids is 2. The van der Waals surface area contributed by atoms with Crippen molar-refractivity contribution in [3.63, 3.8) is 0 Å². The van der Waals surface area contributed by atoms with Gasteiger partial charge in [-0.1, -0.05) is 36.4 Å². The van der Waals surface area contributed by atoms with Gasteiger partial charge in [-0.3, -0.25) is 14.9 Å². The molecule has 0 aliphatic carbocycles. The molecule has 5 rings (SSSR count). The third-order valence-electron chi connectivity index (χ3n) is 5.88. The fraction of sp³-hybridized carbons (Fsp3) is 0.154. The van der Waals surface area contributed by atoms with Gasteiger partial charge in [-0.15, -0.1) is 12.3 Å². The molecule has 0 bridgehead atoms. The van der Waals surface area contributed by atoms with E-state index in [9.17, 15) is 9.59 Å². The highest BCUT2D eigenvalue weighted by atomic mass is 16.2. The number of hydrogen-bond donors (Lipinski definition) is 1. The van der Waals surface area contributed by atoms with Gasteiger partial charge in [-0.05, 0) is 18.6 Å². The Bertz CT molecular complexity index is 1440. The number of hydrogen-bond acceptors (Lipinski definition) is 2. The van der Waals surface area contributed by atoms with Crippen molar-refractivity contribution in [1.82, 2.24) is 14.5 Å². The van der Waals surface area contributed by atoms with Gasteiger partial charge in [0.05, 0.1) is 11.1 Å². The first-order chi connectivity index (χ1) is 15.1. The van der Waals surface area contributed by atoms with E-state index in [1.165, 1.54) is 0 Å². The van der Waals surface area contributed by atoms with Crippen molar-refractivity contribution in [3.05, 3.63) is 72.1 Å². The Morgan fingerprint density at radius 3 is 2.13 bits per heavy atom. The predicted octanol–water partition coefficient (Wildman–Crippen LogP) is 4.11. The van der Waals surface area contributed by atoms with Gasteiger partial charge < -0.3 is 9.13 Å². The van der Waals surface area contributed by atoms with Crippen LogP contribution in [0.2, 0.25) is 0 Å². The van der Waals surface area contributed by atoms with E-state index in [1.807, 2.05) is 72.5 Å². The van der Waals surface area contributed by atoms with Crippen molar-refractivity contribution in [2.75, 3.05) is 0 Å². The van der Waals surface area contributed by atoms with Crippen LogP contribution >= 0.6 is 0 Å². The lowest BCUT2D eigenvalue weighted by Gasteiger charge is -2.03. The fourth-order valence-corrected chi connectivity index (χ4v) is 4.49. The first-order valence-electron chi connectivity index (χ1n) is 10.3. The van der Waals surface area contributed by atoms with Gasteiger partial charge in [-0.2, -0.15) is 0 Å². The Hall–Kier alpha value is -4.04. The van der Waals surface area contributed by atoms with E-state index in [-0.39, 0.29) is 11.8 Å². The maximum atomic E-state index is 13.0. The van der Waals surface area contributed by atoms with Crippen LogP contribution < -0.4 is 5.32 Å². The van der Waals surface area contributed by atoms with Crippen LogP contribution in [-0.4, -0.2) is 20.9 Å². The van der Waals surface area contributed by atoms with Crippen molar-refractivity contribution in [1.29, 1.82) is 0 Å². The molecule has 1 aliphatic heterocycles. The van der Waals surface area contributed by atoms with Gasteiger partial charge in [0.15, 0.2) is 0 Å². The van der Waals surface area contributed by atoms with Crippen LogP contribution in [0.5, 0.6) is 0 Å². The standard InChI is InChI=1S/C26H21N3O2/c1-3-4-9-14-29-16-20(18-11-6-8-13-22(18)29)24-23(25(30)27-26(24)31)19-15-28(2)21-12-7-5-10-17(19)21/h1,5-8,10-13,15-16H,4,9,14H2,2H3,(H,27,30,31). The minimum Gasteiger partial charge on any atom is -0.350 e. The van der Waals surface area contributed by atoms with E-state index in [4.69, 9.17) is 6.42 Å². The Morgan fingerprint density at radius 1 is 0.871 bits per heavy atom. The molecular weight excluding hydrogens is 386 g/mol. The number of terminal acetylenes is 1. The Balaban J connectivity index is 1.77. The molecule has 152 valence electrons. The van der Waals surface area contributed by atoms with E-state index in [0.29, 0.717) is 17.6 Å².